The smallest absolute Gasteiger partial charge is 0.140 e. The van der Waals surface area contributed by atoms with E-state index in [1.165, 1.54) is 18.6 Å². The second kappa shape index (κ2) is 12.9. The summed E-state index contributed by atoms with van der Waals surface area (Å²) in [6.45, 7) is 8.03. The van der Waals surface area contributed by atoms with Crippen LogP contribution in [-0.2, 0) is 0 Å². The zero-order valence-corrected chi connectivity index (χ0v) is 16.8. The third-order valence-corrected chi connectivity index (χ3v) is 4.11. The topological polar surface area (TPSA) is 97.8 Å². The van der Waals surface area contributed by atoms with Gasteiger partial charge >= 0.3 is 0 Å². The summed E-state index contributed by atoms with van der Waals surface area (Å²) >= 11 is 0. The van der Waals surface area contributed by atoms with Gasteiger partial charge in [0.1, 0.15) is 17.2 Å². The van der Waals surface area contributed by atoms with Gasteiger partial charge < -0.3 is 15.3 Å². The summed E-state index contributed by atoms with van der Waals surface area (Å²) in [4.78, 5) is 12.8. The molecule has 0 spiro atoms. The highest BCUT2D eigenvalue weighted by Gasteiger charge is 2.20. The van der Waals surface area contributed by atoms with Crippen LogP contribution in [0.5, 0.6) is 17.2 Å². The van der Waals surface area contributed by atoms with E-state index in [4.69, 9.17) is 0 Å². The molecule has 150 valence electrons. The molecule has 0 radical (unpaired) electrons. The van der Waals surface area contributed by atoms with Crippen LogP contribution >= 0.6 is 0 Å². The Hall–Kier alpha value is -2.37. The van der Waals surface area contributed by atoms with Gasteiger partial charge in [0, 0.05) is 38.3 Å². The highest BCUT2D eigenvalue weighted by Crippen LogP contribution is 2.39. The van der Waals surface area contributed by atoms with Crippen molar-refractivity contribution >= 4 is 18.6 Å². The van der Waals surface area contributed by atoms with E-state index in [0.29, 0.717) is 19.6 Å². The van der Waals surface area contributed by atoms with Crippen LogP contribution in [0.2, 0.25) is 0 Å². The number of hydrogen-bond acceptors (Lipinski definition) is 6. The van der Waals surface area contributed by atoms with Crippen LogP contribution in [0.15, 0.2) is 15.0 Å². The van der Waals surface area contributed by atoms with Crippen LogP contribution in [0.25, 0.3) is 0 Å². The van der Waals surface area contributed by atoms with Gasteiger partial charge in [-0.3, -0.25) is 15.0 Å². The Balaban J connectivity index is 3.32. The molecule has 0 aromatic heterocycles. The molecule has 6 nitrogen and oxygen atoms in total. The van der Waals surface area contributed by atoms with Gasteiger partial charge in [0.05, 0.1) is 16.7 Å². The Morgan fingerprint density at radius 1 is 0.556 bits per heavy atom. The molecule has 0 atom stereocenters. The summed E-state index contributed by atoms with van der Waals surface area (Å²) in [6, 6.07) is 0. The van der Waals surface area contributed by atoms with Crippen molar-refractivity contribution in [3.63, 3.8) is 0 Å². The van der Waals surface area contributed by atoms with Gasteiger partial charge in [-0.05, 0) is 19.3 Å². The fraction of sp³-hybridized carbons (Fsp3) is 0.571. The average Bonchev–Trinajstić information content (AvgIpc) is 2.66. The quantitative estimate of drug-likeness (QED) is 0.371. The van der Waals surface area contributed by atoms with E-state index >= 15 is 0 Å². The maximum atomic E-state index is 10.6. The number of benzene rings is 1. The summed E-state index contributed by atoms with van der Waals surface area (Å²) < 4.78 is 0. The van der Waals surface area contributed by atoms with Crippen molar-refractivity contribution < 1.29 is 15.3 Å². The van der Waals surface area contributed by atoms with Crippen molar-refractivity contribution in [2.75, 3.05) is 19.6 Å². The third kappa shape index (κ3) is 7.04. The number of aromatic hydroxyl groups is 3. The number of aliphatic imine (C=N–C) groups is 3. The maximum absolute atomic E-state index is 10.6. The molecule has 27 heavy (non-hydrogen) atoms. The molecule has 0 saturated carbocycles. The second-order valence-corrected chi connectivity index (χ2v) is 6.45. The Morgan fingerprint density at radius 2 is 0.815 bits per heavy atom. The monoisotopic (exact) mass is 375 g/mol. The van der Waals surface area contributed by atoms with E-state index < -0.39 is 0 Å². The second-order valence-electron chi connectivity index (χ2n) is 6.45. The predicted molar refractivity (Wildman–Crippen MR) is 114 cm³/mol. The summed E-state index contributed by atoms with van der Waals surface area (Å²) in [5, 5.41) is 31.7. The zero-order chi connectivity index (χ0) is 20.1. The number of hydrogen-bond donors (Lipinski definition) is 3. The van der Waals surface area contributed by atoms with Gasteiger partial charge in [0.2, 0.25) is 0 Å². The van der Waals surface area contributed by atoms with Crippen molar-refractivity contribution in [1.29, 1.82) is 0 Å². The van der Waals surface area contributed by atoms with Crippen LogP contribution in [0.1, 0.15) is 76.0 Å². The first-order valence-corrected chi connectivity index (χ1v) is 9.88. The molecule has 0 aliphatic rings. The van der Waals surface area contributed by atoms with Crippen molar-refractivity contribution in [3.05, 3.63) is 16.7 Å². The molecular formula is C21H33N3O3. The summed E-state index contributed by atoms with van der Waals surface area (Å²) in [7, 11) is 0. The molecule has 0 aliphatic heterocycles. The van der Waals surface area contributed by atoms with Crippen LogP contribution in [0.4, 0.5) is 0 Å². The molecule has 3 N–H and O–H groups in total. The molecule has 0 amide bonds. The highest BCUT2D eigenvalue weighted by atomic mass is 16.3. The van der Waals surface area contributed by atoms with E-state index in [1.807, 2.05) is 0 Å². The summed E-state index contributed by atoms with van der Waals surface area (Å²) in [6.07, 6.45) is 10.2. The highest BCUT2D eigenvalue weighted by molar-refractivity contribution is 6.03. The van der Waals surface area contributed by atoms with E-state index in [-0.39, 0.29) is 33.9 Å². The molecule has 1 aromatic carbocycles. The zero-order valence-electron chi connectivity index (χ0n) is 16.8. The molecule has 6 heteroatoms. The molecule has 1 aromatic rings. The normalized spacial score (nSPS) is 12.1. The largest absolute Gasteiger partial charge is 0.506 e. The van der Waals surface area contributed by atoms with Crippen LogP contribution in [0.3, 0.4) is 0 Å². The van der Waals surface area contributed by atoms with Gasteiger partial charge in [-0.2, -0.15) is 0 Å². The van der Waals surface area contributed by atoms with Crippen molar-refractivity contribution in [2.45, 2.75) is 59.3 Å². The van der Waals surface area contributed by atoms with Gasteiger partial charge in [0.25, 0.3) is 0 Å². The Bertz CT molecular complexity index is 556. The van der Waals surface area contributed by atoms with Crippen molar-refractivity contribution in [1.82, 2.24) is 0 Å². The van der Waals surface area contributed by atoms with Gasteiger partial charge in [-0.1, -0.05) is 40.0 Å². The number of unbranched alkanes of at least 4 members (excludes halogenated alkanes) is 3. The molecule has 0 saturated heterocycles. The lowest BCUT2D eigenvalue weighted by Crippen LogP contribution is -1.99. The van der Waals surface area contributed by atoms with Crippen molar-refractivity contribution in [2.24, 2.45) is 15.0 Å². The van der Waals surface area contributed by atoms with Gasteiger partial charge in [-0.15, -0.1) is 0 Å². The molecule has 0 aliphatic carbocycles. The molecule has 1 rings (SSSR count). The van der Waals surface area contributed by atoms with E-state index in [1.54, 1.807) is 0 Å². The minimum Gasteiger partial charge on any atom is -0.506 e. The first-order chi connectivity index (χ1) is 13.1. The fourth-order valence-corrected chi connectivity index (χ4v) is 2.35. The molecule has 0 fully saturated rings. The first-order valence-electron chi connectivity index (χ1n) is 9.88. The molecule has 0 heterocycles. The first kappa shape index (κ1) is 22.7. The summed E-state index contributed by atoms with van der Waals surface area (Å²) in [5.41, 5.74) is 0.536. The fourth-order valence-electron chi connectivity index (χ4n) is 2.35. The molecule has 0 unspecified atom stereocenters. The predicted octanol–water partition coefficient (Wildman–Crippen LogP) is 4.46. The third-order valence-electron chi connectivity index (χ3n) is 4.11. The lowest BCUT2D eigenvalue weighted by molar-refractivity contribution is 0.424. The Kier molecular flexibility index (Phi) is 10.8. The van der Waals surface area contributed by atoms with Crippen LogP contribution in [0, 0.1) is 0 Å². The average molecular weight is 376 g/mol. The van der Waals surface area contributed by atoms with E-state index in [9.17, 15) is 15.3 Å². The Labute approximate surface area is 162 Å². The lowest BCUT2D eigenvalue weighted by atomic mass is 10.0. The molecule has 0 bridgehead atoms. The van der Waals surface area contributed by atoms with Crippen LogP contribution in [-0.4, -0.2) is 53.6 Å². The van der Waals surface area contributed by atoms with Gasteiger partial charge in [0.15, 0.2) is 0 Å². The van der Waals surface area contributed by atoms with Crippen LogP contribution < -0.4 is 0 Å². The minimum absolute atomic E-state index is 0.179. The number of phenols is 3. The number of rotatable bonds is 12. The molecular weight excluding hydrogens is 342 g/mol. The Morgan fingerprint density at radius 3 is 1.04 bits per heavy atom. The summed E-state index contributed by atoms with van der Waals surface area (Å²) in [5.74, 6) is -0.677. The maximum Gasteiger partial charge on any atom is 0.140 e. The number of nitrogens with zero attached hydrogens (tertiary/aromatic N) is 3. The van der Waals surface area contributed by atoms with E-state index in [0.717, 1.165) is 38.5 Å². The van der Waals surface area contributed by atoms with Gasteiger partial charge in [-0.25, -0.2) is 0 Å². The lowest BCUT2D eigenvalue weighted by Gasteiger charge is -2.12. The van der Waals surface area contributed by atoms with E-state index in [2.05, 4.69) is 35.7 Å². The minimum atomic E-state index is -0.226. The SMILES string of the molecule is CCCCN=Cc1c(O)c(C=NCCCC)c(O)c(C=NCCCC)c1O. The van der Waals surface area contributed by atoms with Crippen molar-refractivity contribution in [3.8, 4) is 17.2 Å². The standard InChI is InChI=1S/C21H33N3O3/c1-4-7-10-22-13-16-19(25)17(14-23-11-8-5-2)21(27)18(20(16)26)15-24-12-9-6-3/h13-15,25-27H,4-12H2,1-3H3. The number of phenolic OH excluding ortho intramolecular Hbond substituents is 3.